The molecule has 1 aliphatic rings. The Morgan fingerprint density at radius 1 is 1.36 bits per heavy atom. The first kappa shape index (κ1) is 18.6. The lowest BCUT2D eigenvalue weighted by Gasteiger charge is -2.30. The topological polar surface area (TPSA) is 66.0 Å². The zero-order valence-electron chi connectivity index (χ0n) is 14.9. The molecule has 2 N–H and O–H groups in total. The van der Waals surface area contributed by atoms with Crippen molar-refractivity contribution in [1.82, 2.24) is 15.5 Å². The largest absolute Gasteiger partial charge is 0.444 e. The summed E-state index contributed by atoms with van der Waals surface area (Å²) in [7, 11) is 1.78. The van der Waals surface area contributed by atoms with Gasteiger partial charge in [0.15, 0.2) is 5.96 Å². The number of aliphatic imine (C=N–C) groups is 1. The molecule has 128 valence electrons. The van der Waals surface area contributed by atoms with Gasteiger partial charge in [-0.1, -0.05) is 0 Å². The summed E-state index contributed by atoms with van der Waals surface area (Å²) in [6.45, 7) is 11.1. The van der Waals surface area contributed by atoms with Crippen molar-refractivity contribution in [2.75, 3.05) is 20.1 Å². The number of hydrogen-bond donors (Lipinski definition) is 2. The zero-order chi connectivity index (χ0) is 16.8. The van der Waals surface area contributed by atoms with Crippen molar-refractivity contribution in [3.63, 3.8) is 0 Å². The lowest BCUT2D eigenvalue weighted by Crippen LogP contribution is -2.43. The molecule has 0 aromatic heterocycles. The van der Waals surface area contributed by atoms with E-state index in [2.05, 4.69) is 15.6 Å². The molecule has 0 saturated heterocycles. The van der Waals surface area contributed by atoms with Crippen LogP contribution in [-0.2, 0) is 4.74 Å². The number of carbonyl (C=O) groups excluding carboxylic acids is 1. The van der Waals surface area contributed by atoms with E-state index < -0.39 is 5.60 Å². The highest BCUT2D eigenvalue weighted by Gasteiger charge is 2.24. The van der Waals surface area contributed by atoms with Gasteiger partial charge in [0.1, 0.15) is 5.60 Å². The molecule has 1 amide bonds. The second kappa shape index (κ2) is 8.25. The third-order valence-electron chi connectivity index (χ3n) is 3.26. The van der Waals surface area contributed by atoms with Crippen LogP contribution >= 0.6 is 0 Å². The van der Waals surface area contributed by atoms with Crippen LogP contribution in [-0.4, -0.2) is 54.8 Å². The molecule has 0 aromatic rings. The lowest BCUT2D eigenvalue weighted by atomic mass is 10.2. The lowest BCUT2D eigenvalue weighted by molar-refractivity contribution is 0.0190. The number of nitrogens with one attached hydrogen (secondary N) is 2. The summed E-state index contributed by atoms with van der Waals surface area (Å²) in [6.07, 6.45) is 3.05. The Morgan fingerprint density at radius 3 is 2.45 bits per heavy atom. The number of ether oxygens (including phenoxy) is 1. The van der Waals surface area contributed by atoms with Crippen LogP contribution in [0.3, 0.4) is 0 Å². The standard InChI is InChI=1S/C16H32N4O2/c1-12(2)20(15(21)22-16(3,4)5)11-7-10-18-14(17-6)19-13-8-9-13/h12-13H,7-11H2,1-6H3,(H2,17,18,19). The van der Waals surface area contributed by atoms with Gasteiger partial charge < -0.3 is 20.3 Å². The Hall–Kier alpha value is -1.46. The van der Waals surface area contributed by atoms with Gasteiger partial charge >= 0.3 is 6.09 Å². The molecular formula is C16H32N4O2. The first-order chi connectivity index (χ1) is 10.2. The van der Waals surface area contributed by atoms with Crippen LogP contribution in [0.2, 0.25) is 0 Å². The second-order valence-corrected chi connectivity index (χ2v) is 7.04. The summed E-state index contributed by atoms with van der Waals surface area (Å²) in [5.41, 5.74) is -0.460. The minimum atomic E-state index is -0.460. The predicted octanol–water partition coefficient (Wildman–Crippen LogP) is 2.35. The van der Waals surface area contributed by atoms with Gasteiger partial charge in [-0.3, -0.25) is 4.99 Å². The van der Waals surface area contributed by atoms with Gasteiger partial charge in [-0.2, -0.15) is 0 Å². The maximum atomic E-state index is 12.2. The van der Waals surface area contributed by atoms with Crippen LogP contribution in [0.5, 0.6) is 0 Å². The molecule has 1 aliphatic carbocycles. The Kier molecular flexibility index (Phi) is 6.97. The minimum absolute atomic E-state index is 0.124. The van der Waals surface area contributed by atoms with Crippen molar-refractivity contribution < 1.29 is 9.53 Å². The maximum Gasteiger partial charge on any atom is 0.410 e. The number of carbonyl (C=O) groups is 1. The number of hydrogen-bond acceptors (Lipinski definition) is 3. The molecule has 0 heterocycles. The molecule has 0 bridgehead atoms. The Bertz CT molecular complexity index is 384. The number of amides is 1. The molecule has 0 aliphatic heterocycles. The Morgan fingerprint density at radius 2 is 2.00 bits per heavy atom. The van der Waals surface area contributed by atoms with Crippen molar-refractivity contribution in [2.45, 2.75) is 71.6 Å². The van der Waals surface area contributed by atoms with Crippen LogP contribution in [0.15, 0.2) is 4.99 Å². The number of nitrogens with zero attached hydrogens (tertiary/aromatic N) is 2. The number of rotatable bonds is 6. The van der Waals surface area contributed by atoms with Crippen molar-refractivity contribution in [1.29, 1.82) is 0 Å². The van der Waals surface area contributed by atoms with E-state index >= 15 is 0 Å². The van der Waals surface area contributed by atoms with E-state index in [0.717, 1.165) is 18.9 Å². The smallest absolute Gasteiger partial charge is 0.410 e. The molecule has 1 saturated carbocycles. The predicted molar refractivity (Wildman–Crippen MR) is 90.2 cm³/mol. The van der Waals surface area contributed by atoms with E-state index in [1.54, 1.807) is 11.9 Å². The molecule has 0 unspecified atom stereocenters. The summed E-state index contributed by atoms with van der Waals surface area (Å²) in [4.78, 5) is 18.1. The molecule has 22 heavy (non-hydrogen) atoms. The van der Waals surface area contributed by atoms with E-state index in [4.69, 9.17) is 4.74 Å². The monoisotopic (exact) mass is 312 g/mol. The van der Waals surface area contributed by atoms with Crippen LogP contribution in [0.4, 0.5) is 4.79 Å². The van der Waals surface area contributed by atoms with E-state index in [9.17, 15) is 4.79 Å². The van der Waals surface area contributed by atoms with E-state index in [1.807, 2.05) is 34.6 Å². The van der Waals surface area contributed by atoms with Gasteiger partial charge in [-0.25, -0.2) is 4.79 Å². The summed E-state index contributed by atoms with van der Waals surface area (Å²) in [6, 6.07) is 0.707. The normalized spacial score (nSPS) is 15.7. The summed E-state index contributed by atoms with van der Waals surface area (Å²) in [5.74, 6) is 0.843. The van der Waals surface area contributed by atoms with Crippen molar-refractivity contribution in [2.24, 2.45) is 4.99 Å². The molecule has 0 spiro atoms. The quantitative estimate of drug-likeness (QED) is 0.449. The highest BCUT2D eigenvalue weighted by molar-refractivity contribution is 5.80. The minimum Gasteiger partial charge on any atom is -0.444 e. The van der Waals surface area contributed by atoms with Crippen molar-refractivity contribution in [3.05, 3.63) is 0 Å². The van der Waals surface area contributed by atoms with Crippen LogP contribution < -0.4 is 10.6 Å². The van der Waals surface area contributed by atoms with Crippen molar-refractivity contribution in [3.8, 4) is 0 Å². The average molecular weight is 312 g/mol. The molecule has 1 fully saturated rings. The molecule has 1 rings (SSSR count). The van der Waals surface area contributed by atoms with Gasteiger partial charge in [0.2, 0.25) is 0 Å². The van der Waals surface area contributed by atoms with Crippen molar-refractivity contribution >= 4 is 12.1 Å². The molecule has 0 aromatic carbocycles. The Balaban J connectivity index is 2.33. The van der Waals surface area contributed by atoms with E-state index in [1.165, 1.54) is 12.8 Å². The fourth-order valence-electron chi connectivity index (χ4n) is 1.95. The molecular weight excluding hydrogens is 280 g/mol. The summed E-state index contributed by atoms with van der Waals surface area (Å²) < 4.78 is 5.45. The molecule has 6 heteroatoms. The Labute approximate surface area is 134 Å². The third-order valence-corrected chi connectivity index (χ3v) is 3.26. The second-order valence-electron chi connectivity index (χ2n) is 7.04. The molecule has 6 nitrogen and oxygen atoms in total. The fraction of sp³-hybridized carbons (Fsp3) is 0.875. The van der Waals surface area contributed by atoms with Gasteiger partial charge in [0.05, 0.1) is 0 Å². The first-order valence-corrected chi connectivity index (χ1v) is 8.19. The van der Waals surface area contributed by atoms with Gasteiger partial charge in [-0.05, 0) is 53.9 Å². The van der Waals surface area contributed by atoms with Crippen LogP contribution in [0.1, 0.15) is 53.9 Å². The third kappa shape index (κ3) is 7.52. The van der Waals surface area contributed by atoms with E-state index in [0.29, 0.717) is 12.6 Å². The van der Waals surface area contributed by atoms with Crippen LogP contribution in [0.25, 0.3) is 0 Å². The van der Waals surface area contributed by atoms with E-state index in [-0.39, 0.29) is 12.1 Å². The van der Waals surface area contributed by atoms with Gasteiger partial charge in [0.25, 0.3) is 0 Å². The average Bonchev–Trinajstić information content (AvgIpc) is 3.18. The molecule has 0 radical (unpaired) electrons. The zero-order valence-corrected chi connectivity index (χ0v) is 14.9. The van der Waals surface area contributed by atoms with Crippen LogP contribution in [0, 0.1) is 0 Å². The highest BCUT2D eigenvalue weighted by Crippen LogP contribution is 2.18. The van der Waals surface area contributed by atoms with Gasteiger partial charge in [-0.15, -0.1) is 0 Å². The number of guanidine groups is 1. The van der Waals surface area contributed by atoms with Gasteiger partial charge in [0, 0.05) is 32.2 Å². The fourth-order valence-corrected chi connectivity index (χ4v) is 1.95. The maximum absolute atomic E-state index is 12.2. The summed E-state index contributed by atoms with van der Waals surface area (Å²) >= 11 is 0. The SMILES string of the molecule is CN=C(NCCCN(C(=O)OC(C)(C)C)C(C)C)NC1CC1. The highest BCUT2D eigenvalue weighted by atomic mass is 16.6. The first-order valence-electron chi connectivity index (χ1n) is 8.19. The molecule has 0 atom stereocenters. The summed E-state index contributed by atoms with van der Waals surface area (Å²) in [5, 5.41) is 6.62.